The van der Waals surface area contributed by atoms with E-state index in [1.165, 1.54) is 31.1 Å². The number of aryl methyl sites for hydroxylation is 1. The van der Waals surface area contributed by atoms with Gasteiger partial charge in [-0.05, 0) is 25.5 Å². The number of carbonyl (C=O) groups is 2. The molecule has 0 aromatic heterocycles. The number of hydrogen-bond acceptors (Lipinski definition) is 7. The normalized spacial score (nSPS) is 18.8. The summed E-state index contributed by atoms with van der Waals surface area (Å²) in [5, 5.41) is 0. The van der Waals surface area contributed by atoms with Gasteiger partial charge >= 0.3 is 5.97 Å². The third-order valence-corrected chi connectivity index (χ3v) is 8.16. The first-order valence-corrected chi connectivity index (χ1v) is 11.8. The fraction of sp³-hybridized carbons (Fsp3) is 0.529. The predicted octanol–water partition coefficient (Wildman–Crippen LogP) is -0.196. The van der Waals surface area contributed by atoms with Crippen LogP contribution in [-0.2, 0) is 34.2 Å². The van der Waals surface area contributed by atoms with Gasteiger partial charge in [0, 0.05) is 20.1 Å². The van der Waals surface area contributed by atoms with Crippen LogP contribution in [0.5, 0.6) is 0 Å². The average molecular weight is 433 g/mol. The summed E-state index contributed by atoms with van der Waals surface area (Å²) in [6.45, 7) is 0.696. The maximum atomic E-state index is 12.4. The van der Waals surface area contributed by atoms with E-state index < -0.39 is 50.9 Å². The average Bonchev–Trinajstić information content (AvgIpc) is 2.99. The van der Waals surface area contributed by atoms with Gasteiger partial charge in [0.25, 0.3) is 5.91 Å². The van der Waals surface area contributed by atoms with Gasteiger partial charge in [0.15, 0.2) is 16.4 Å². The van der Waals surface area contributed by atoms with E-state index >= 15 is 0 Å². The number of nitrogens with zero attached hydrogens (tertiary/aromatic N) is 2. The molecular formula is C17H24N2O7S2. The fourth-order valence-corrected chi connectivity index (χ4v) is 5.62. The highest BCUT2D eigenvalue weighted by Crippen LogP contribution is 2.17. The van der Waals surface area contributed by atoms with Crippen LogP contribution >= 0.6 is 0 Å². The van der Waals surface area contributed by atoms with Crippen molar-refractivity contribution in [3.63, 3.8) is 0 Å². The Kier molecular flexibility index (Phi) is 6.84. The zero-order valence-electron chi connectivity index (χ0n) is 16.0. The van der Waals surface area contributed by atoms with Gasteiger partial charge in [-0.3, -0.25) is 9.59 Å². The topological polar surface area (TPSA) is 118 Å². The highest BCUT2D eigenvalue weighted by molar-refractivity contribution is 7.91. The molecule has 1 aliphatic rings. The van der Waals surface area contributed by atoms with Gasteiger partial charge in [-0.1, -0.05) is 17.7 Å². The molecule has 11 heteroatoms. The van der Waals surface area contributed by atoms with E-state index in [2.05, 4.69) is 0 Å². The second kappa shape index (κ2) is 8.58. The van der Waals surface area contributed by atoms with Gasteiger partial charge in [0.1, 0.15) is 6.54 Å². The number of esters is 1. The monoisotopic (exact) mass is 432 g/mol. The van der Waals surface area contributed by atoms with Crippen LogP contribution in [0.25, 0.3) is 0 Å². The lowest BCUT2D eigenvalue weighted by molar-refractivity contribution is -0.152. The number of rotatable bonds is 7. The molecule has 1 atom stereocenters. The lowest BCUT2D eigenvalue weighted by Gasteiger charge is -2.23. The van der Waals surface area contributed by atoms with Crippen LogP contribution in [0.4, 0.5) is 0 Å². The molecule has 0 bridgehead atoms. The zero-order chi connectivity index (χ0) is 21.1. The minimum Gasteiger partial charge on any atom is -0.455 e. The third-order valence-electron chi connectivity index (χ3n) is 4.59. The van der Waals surface area contributed by atoms with Crippen molar-refractivity contribution in [3.8, 4) is 0 Å². The van der Waals surface area contributed by atoms with E-state index in [1.54, 1.807) is 12.1 Å². The van der Waals surface area contributed by atoms with E-state index in [9.17, 15) is 26.4 Å². The molecule has 1 heterocycles. The van der Waals surface area contributed by atoms with Gasteiger partial charge < -0.3 is 9.64 Å². The Bertz CT molecular complexity index is 940. The number of hydrogen-bond donors (Lipinski definition) is 0. The molecule has 1 saturated heterocycles. The van der Waals surface area contributed by atoms with Gasteiger partial charge in [0.05, 0.1) is 16.4 Å². The minimum atomic E-state index is -3.86. The van der Waals surface area contributed by atoms with Crippen molar-refractivity contribution < 1.29 is 31.2 Å². The summed E-state index contributed by atoms with van der Waals surface area (Å²) in [6.07, 6.45) is 0.343. The van der Waals surface area contributed by atoms with Gasteiger partial charge in [-0.2, -0.15) is 4.31 Å². The quantitative estimate of drug-likeness (QED) is 0.548. The highest BCUT2D eigenvalue weighted by atomic mass is 32.2. The summed E-state index contributed by atoms with van der Waals surface area (Å²) in [6, 6.07) is 5.75. The highest BCUT2D eigenvalue weighted by Gasteiger charge is 2.33. The maximum absolute atomic E-state index is 12.4. The number of benzene rings is 1. The Morgan fingerprint density at radius 2 is 1.79 bits per heavy atom. The molecule has 1 aliphatic heterocycles. The van der Waals surface area contributed by atoms with Crippen molar-refractivity contribution in [1.82, 2.24) is 9.21 Å². The van der Waals surface area contributed by atoms with Crippen molar-refractivity contribution in [1.29, 1.82) is 0 Å². The Labute approximate surface area is 165 Å². The van der Waals surface area contributed by atoms with Gasteiger partial charge in [0.2, 0.25) is 10.0 Å². The van der Waals surface area contributed by atoms with Gasteiger partial charge in [-0.15, -0.1) is 0 Å². The number of sulfonamides is 1. The van der Waals surface area contributed by atoms with Crippen LogP contribution in [0.1, 0.15) is 12.0 Å². The molecule has 0 N–H and O–H groups in total. The molecule has 156 valence electrons. The molecule has 1 amide bonds. The van der Waals surface area contributed by atoms with Gasteiger partial charge in [-0.25, -0.2) is 16.8 Å². The minimum absolute atomic E-state index is 0.0245. The van der Waals surface area contributed by atoms with Crippen LogP contribution in [0.15, 0.2) is 29.2 Å². The standard InChI is InChI=1S/C17H24N2O7S2/c1-13-4-6-15(7-5-13)28(24,25)18(2)10-17(21)26-11-16(20)19(3)14-8-9-27(22,23)12-14/h4-7,14H,8-12H2,1-3H3. The molecule has 28 heavy (non-hydrogen) atoms. The molecule has 0 saturated carbocycles. The van der Waals surface area contributed by atoms with Crippen molar-refractivity contribution in [3.05, 3.63) is 29.8 Å². The predicted molar refractivity (Wildman–Crippen MR) is 102 cm³/mol. The first-order chi connectivity index (χ1) is 12.9. The largest absolute Gasteiger partial charge is 0.455 e. The Morgan fingerprint density at radius 3 is 2.32 bits per heavy atom. The number of ether oxygens (including phenoxy) is 1. The third kappa shape index (κ3) is 5.52. The molecule has 1 fully saturated rings. The fourth-order valence-electron chi connectivity index (χ4n) is 2.73. The number of sulfone groups is 1. The lowest BCUT2D eigenvalue weighted by Crippen LogP contribution is -2.41. The number of likely N-dealkylation sites (N-methyl/N-ethyl adjacent to an activating group) is 2. The van der Waals surface area contributed by atoms with Crippen molar-refractivity contribution in [2.45, 2.75) is 24.3 Å². The summed E-state index contributed by atoms with van der Waals surface area (Å²) < 4.78 is 53.6. The molecule has 1 aromatic rings. The summed E-state index contributed by atoms with van der Waals surface area (Å²) in [5.74, 6) is -1.50. The van der Waals surface area contributed by atoms with Crippen molar-refractivity contribution in [2.75, 3.05) is 38.8 Å². The van der Waals surface area contributed by atoms with Crippen LogP contribution in [-0.4, -0.2) is 82.7 Å². The first kappa shape index (κ1) is 22.3. The summed E-state index contributed by atoms with van der Waals surface area (Å²) in [5.41, 5.74) is 0.902. The Hall–Kier alpha value is -1.98. The van der Waals surface area contributed by atoms with Crippen molar-refractivity contribution in [2.24, 2.45) is 0 Å². The van der Waals surface area contributed by atoms with Crippen molar-refractivity contribution >= 4 is 31.7 Å². The molecule has 2 rings (SSSR count). The zero-order valence-corrected chi connectivity index (χ0v) is 17.6. The summed E-state index contributed by atoms with van der Waals surface area (Å²) in [7, 11) is -4.31. The molecule has 9 nitrogen and oxygen atoms in total. The molecule has 1 aromatic carbocycles. The SMILES string of the molecule is Cc1ccc(S(=O)(=O)N(C)CC(=O)OCC(=O)N(C)C2CCS(=O)(=O)C2)cc1. The van der Waals surface area contributed by atoms with E-state index in [0.29, 0.717) is 6.42 Å². The van der Waals surface area contributed by atoms with Crippen LogP contribution in [0.3, 0.4) is 0 Å². The smallest absolute Gasteiger partial charge is 0.321 e. The molecule has 1 unspecified atom stereocenters. The van der Waals surface area contributed by atoms with E-state index in [1.807, 2.05) is 6.92 Å². The molecule has 0 aliphatic carbocycles. The molecule has 0 radical (unpaired) electrons. The number of carbonyl (C=O) groups excluding carboxylic acids is 2. The van der Waals surface area contributed by atoms with E-state index in [-0.39, 0.29) is 16.4 Å². The first-order valence-electron chi connectivity index (χ1n) is 8.57. The Morgan fingerprint density at radius 1 is 1.18 bits per heavy atom. The number of amides is 1. The second-order valence-corrected chi connectivity index (χ2v) is 11.1. The molecular weight excluding hydrogens is 408 g/mol. The van der Waals surface area contributed by atoms with Crippen LogP contribution < -0.4 is 0 Å². The second-order valence-electron chi connectivity index (χ2n) is 6.80. The van der Waals surface area contributed by atoms with Crippen LogP contribution in [0, 0.1) is 6.92 Å². The van der Waals surface area contributed by atoms with Crippen LogP contribution in [0.2, 0.25) is 0 Å². The Balaban J connectivity index is 1.87. The lowest BCUT2D eigenvalue weighted by atomic mass is 10.2. The molecule has 0 spiro atoms. The summed E-state index contributed by atoms with van der Waals surface area (Å²) >= 11 is 0. The van der Waals surface area contributed by atoms with E-state index in [0.717, 1.165) is 9.87 Å². The maximum Gasteiger partial charge on any atom is 0.321 e. The van der Waals surface area contributed by atoms with E-state index in [4.69, 9.17) is 4.74 Å². The summed E-state index contributed by atoms with van der Waals surface area (Å²) in [4.78, 5) is 25.3.